The number of hydrogen-bond acceptors (Lipinski definition) is 7. The minimum absolute atomic E-state index is 0.346. The molecule has 0 radical (unpaired) electrons. The van der Waals surface area contributed by atoms with E-state index in [1.165, 1.54) is 29.9 Å². The van der Waals surface area contributed by atoms with E-state index in [-0.39, 0.29) is 0 Å². The lowest BCUT2D eigenvalue weighted by atomic mass is 10.0. The minimum atomic E-state index is 0.346. The van der Waals surface area contributed by atoms with Crippen LogP contribution in [0.5, 0.6) is 0 Å². The Balaban J connectivity index is 1.36. The van der Waals surface area contributed by atoms with Crippen molar-refractivity contribution in [1.29, 1.82) is 0 Å². The van der Waals surface area contributed by atoms with Gasteiger partial charge in [0.2, 0.25) is 5.13 Å². The van der Waals surface area contributed by atoms with Crippen LogP contribution in [0.2, 0.25) is 0 Å². The van der Waals surface area contributed by atoms with Crippen LogP contribution in [0.3, 0.4) is 0 Å². The lowest BCUT2D eigenvalue weighted by molar-refractivity contribution is -0.0826. The maximum absolute atomic E-state index is 5.88. The first-order valence-electron chi connectivity index (χ1n) is 9.42. The number of nitrogens with zero attached hydrogens (tertiary/aromatic N) is 4. The van der Waals surface area contributed by atoms with E-state index in [0.717, 1.165) is 36.8 Å². The third-order valence-corrected chi connectivity index (χ3v) is 6.15. The molecule has 0 bridgehead atoms. The number of benzene rings is 1. The molecule has 0 spiro atoms. The molecule has 2 N–H and O–H groups in total. The molecule has 4 rings (SSSR count). The Morgan fingerprint density at radius 2 is 1.69 bits per heavy atom. The van der Waals surface area contributed by atoms with Crippen molar-refractivity contribution < 1.29 is 4.74 Å². The highest BCUT2D eigenvalue weighted by atomic mass is 32.1. The highest BCUT2D eigenvalue weighted by Gasteiger charge is 2.30. The summed E-state index contributed by atoms with van der Waals surface area (Å²) in [7, 11) is 0. The first kappa shape index (κ1) is 17.7. The van der Waals surface area contributed by atoms with E-state index in [0.29, 0.717) is 23.4 Å². The molecular weight excluding hydrogens is 346 g/mol. The van der Waals surface area contributed by atoms with Gasteiger partial charge in [-0.05, 0) is 51.0 Å². The number of morpholine rings is 1. The third-order valence-electron chi connectivity index (χ3n) is 5.35. The second-order valence-corrected chi connectivity index (χ2v) is 8.43. The largest absolute Gasteiger partial charge is 0.374 e. The quantitative estimate of drug-likeness (QED) is 0.892. The van der Waals surface area contributed by atoms with Crippen LogP contribution in [0, 0.1) is 0 Å². The number of nitrogens with two attached hydrogens (primary N) is 1. The van der Waals surface area contributed by atoms with Crippen molar-refractivity contribution >= 4 is 22.2 Å². The van der Waals surface area contributed by atoms with Crippen molar-refractivity contribution in [2.75, 3.05) is 36.8 Å². The van der Waals surface area contributed by atoms with Gasteiger partial charge in [0.05, 0.1) is 12.2 Å². The normalized spacial score (nSPS) is 25.5. The van der Waals surface area contributed by atoms with E-state index in [1.54, 1.807) is 0 Å². The van der Waals surface area contributed by atoms with Crippen LogP contribution in [0.25, 0.3) is 10.6 Å². The highest BCUT2D eigenvalue weighted by molar-refractivity contribution is 7.18. The second kappa shape index (κ2) is 7.50. The van der Waals surface area contributed by atoms with Crippen LogP contribution in [0.15, 0.2) is 24.3 Å². The Morgan fingerprint density at radius 1 is 1.04 bits per heavy atom. The van der Waals surface area contributed by atoms with Crippen molar-refractivity contribution in [3.05, 3.63) is 24.3 Å². The second-order valence-electron chi connectivity index (χ2n) is 7.42. The number of piperidine rings is 1. The monoisotopic (exact) mass is 373 g/mol. The maximum atomic E-state index is 5.88. The average Bonchev–Trinajstić information content (AvgIpc) is 3.08. The Hall–Kier alpha value is -1.70. The molecule has 26 heavy (non-hydrogen) atoms. The molecule has 2 saturated heterocycles. The lowest BCUT2D eigenvalue weighted by Crippen LogP contribution is -2.53. The fraction of sp³-hybridized carbons (Fsp3) is 0.579. The van der Waals surface area contributed by atoms with Gasteiger partial charge < -0.3 is 15.4 Å². The Bertz CT molecular complexity index is 716. The summed E-state index contributed by atoms with van der Waals surface area (Å²) in [5.74, 6) is 0. The Labute approximate surface area is 159 Å². The first-order chi connectivity index (χ1) is 12.6. The topological polar surface area (TPSA) is 67.5 Å². The van der Waals surface area contributed by atoms with Crippen LogP contribution in [-0.2, 0) is 4.74 Å². The highest BCUT2D eigenvalue weighted by Crippen LogP contribution is 2.29. The molecule has 2 aliphatic rings. The van der Waals surface area contributed by atoms with E-state index < -0.39 is 0 Å². The number of rotatable bonds is 3. The van der Waals surface area contributed by atoms with Crippen LogP contribution < -0.4 is 10.6 Å². The summed E-state index contributed by atoms with van der Waals surface area (Å²) in [5, 5.41) is 9.40. The molecule has 1 aromatic carbocycles. The van der Waals surface area contributed by atoms with Gasteiger partial charge >= 0.3 is 0 Å². The maximum Gasteiger partial charge on any atom is 0.203 e. The third kappa shape index (κ3) is 3.84. The summed E-state index contributed by atoms with van der Waals surface area (Å²) in [6.07, 6.45) is 3.12. The summed E-state index contributed by atoms with van der Waals surface area (Å²) in [6.45, 7) is 8.71. The predicted octanol–water partition coefficient (Wildman–Crippen LogP) is 2.87. The molecule has 140 valence electrons. The number of aromatic nitrogens is 2. The summed E-state index contributed by atoms with van der Waals surface area (Å²) >= 11 is 1.42. The van der Waals surface area contributed by atoms with Crippen molar-refractivity contribution in [3.63, 3.8) is 0 Å². The van der Waals surface area contributed by atoms with E-state index in [4.69, 9.17) is 10.5 Å². The van der Waals surface area contributed by atoms with Gasteiger partial charge in [0.15, 0.2) is 0 Å². The van der Waals surface area contributed by atoms with E-state index in [2.05, 4.69) is 58.1 Å². The molecule has 0 saturated carbocycles. The van der Waals surface area contributed by atoms with Gasteiger partial charge in [0.25, 0.3) is 0 Å². The van der Waals surface area contributed by atoms with Crippen LogP contribution >= 0.6 is 11.3 Å². The zero-order valence-corrected chi connectivity index (χ0v) is 16.3. The van der Waals surface area contributed by atoms with Crippen molar-refractivity contribution in [2.24, 2.45) is 0 Å². The van der Waals surface area contributed by atoms with Gasteiger partial charge in [0, 0.05) is 43.5 Å². The van der Waals surface area contributed by atoms with Crippen molar-refractivity contribution in [1.82, 2.24) is 15.1 Å². The average molecular weight is 374 g/mol. The molecule has 7 heteroatoms. The van der Waals surface area contributed by atoms with Crippen molar-refractivity contribution in [2.45, 2.75) is 44.9 Å². The molecule has 6 nitrogen and oxygen atoms in total. The molecular formula is C19H27N5OS. The zero-order valence-electron chi connectivity index (χ0n) is 15.5. The fourth-order valence-corrected chi connectivity index (χ4v) is 4.79. The number of nitrogen functional groups attached to an aromatic ring is 1. The SMILES string of the molecule is CC1CN(C2CCN(c3ccc(-c4nnc(N)s4)cc3)CC2)CC(C)O1. The van der Waals surface area contributed by atoms with Gasteiger partial charge in [-0.2, -0.15) is 0 Å². The Morgan fingerprint density at radius 3 is 2.27 bits per heavy atom. The molecule has 2 fully saturated rings. The predicted molar refractivity (Wildman–Crippen MR) is 107 cm³/mol. The summed E-state index contributed by atoms with van der Waals surface area (Å²) in [4.78, 5) is 5.13. The summed E-state index contributed by atoms with van der Waals surface area (Å²) in [6, 6.07) is 9.29. The smallest absolute Gasteiger partial charge is 0.203 e. The lowest BCUT2D eigenvalue weighted by Gasteiger charge is -2.44. The molecule has 1 aromatic heterocycles. The molecule has 0 amide bonds. The standard InChI is InChI=1S/C19H27N5OS/c1-13-11-24(12-14(2)25-13)17-7-9-23(10-8-17)16-5-3-15(4-6-16)18-21-22-19(20)26-18/h3-6,13-14,17H,7-12H2,1-2H3,(H2,20,22). The minimum Gasteiger partial charge on any atom is -0.374 e. The zero-order chi connectivity index (χ0) is 18.1. The molecule has 2 aliphatic heterocycles. The first-order valence-corrected chi connectivity index (χ1v) is 10.2. The number of anilines is 2. The molecule has 2 unspecified atom stereocenters. The van der Waals surface area contributed by atoms with E-state index in [9.17, 15) is 0 Å². The number of ether oxygens (including phenoxy) is 1. The summed E-state index contributed by atoms with van der Waals surface area (Å²) < 4.78 is 5.88. The van der Waals surface area contributed by atoms with Crippen LogP contribution in [0.1, 0.15) is 26.7 Å². The van der Waals surface area contributed by atoms with Gasteiger partial charge in [-0.1, -0.05) is 11.3 Å². The molecule has 2 aromatic rings. The fourth-order valence-electron chi connectivity index (χ4n) is 4.17. The Kier molecular flexibility index (Phi) is 5.11. The molecule has 2 atom stereocenters. The number of hydrogen-bond donors (Lipinski definition) is 1. The van der Waals surface area contributed by atoms with E-state index >= 15 is 0 Å². The van der Waals surface area contributed by atoms with Gasteiger partial charge in [0.1, 0.15) is 5.01 Å². The van der Waals surface area contributed by atoms with Gasteiger partial charge in [-0.25, -0.2) is 0 Å². The summed E-state index contributed by atoms with van der Waals surface area (Å²) in [5.41, 5.74) is 8.04. The van der Waals surface area contributed by atoms with Crippen LogP contribution in [-0.4, -0.2) is 59.5 Å². The van der Waals surface area contributed by atoms with Crippen molar-refractivity contribution in [3.8, 4) is 10.6 Å². The van der Waals surface area contributed by atoms with Gasteiger partial charge in [-0.3, -0.25) is 4.90 Å². The molecule has 3 heterocycles. The van der Waals surface area contributed by atoms with E-state index in [1.807, 2.05) is 0 Å². The van der Waals surface area contributed by atoms with Crippen LogP contribution in [0.4, 0.5) is 10.8 Å². The molecule has 0 aliphatic carbocycles. The van der Waals surface area contributed by atoms with Gasteiger partial charge in [-0.15, -0.1) is 10.2 Å².